The summed E-state index contributed by atoms with van der Waals surface area (Å²) in [6.07, 6.45) is 1.33. The molecule has 2 amide bonds. The summed E-state index contributed by atoms with van der Waals surface area (Å²) in [5.41, 5.74) is 0.0654. The lowest BCUT2D eigenvalue weighted by molar-refractivity contribution is -0.127. The molecule has 0 spiro atoms. The Hall–Kier alpha value is -1.52. The normalized spacial score (nSPS) is 19.9. The Morgan fingerprint density at radius 1 is 1.53 bits per heavy atom. The Bertz CT molecular complexity index is 288. The van der Waals surface area contributed by atoms with E-state index in [9.17, 15) is 9.59 Å². The number of amides is 2. The lowest BCUT2D eigenvalue weighted by Gasteiger charge is -2.22. The van der Waals surface area contributed by atoms with Crippen LogP contribution in [0.15, 0.2) is 12.3 Å². The quantitative estimate of drug-likeness (QED) is 0.691. The number of nitrogens with zero attached hydrogens (tertiary/aromatic N) is 1. The average Bonchev–Trinajstić information content (AvgIpc) is 2.63. The molecular weight excluding hydrogens is 196 g/mol. The maximum atomic E-state index is 11.8. The van der Waals surface area contributed by atoms with E-state index in [1.54, 1.807) is 4.90 Å². The van der Waals surface area contributed by atoms with Crippen molar-refractivity contribution in [2.24, 2.45) is 0 Å². The van der Waals surface area contributed by atoms with Gasteiger partial charge in [-0.2, -0.15) is 0 Å². The molecular formula is C10H16N2O3. The van der Waals surface area contributed by atoms with Crippen molar-refractivity contribution >= 4 is 12.0 Å². The molecule has 1 aliphatic rings. The van der Waals surface area contributed by atoms with Gasteiger partial charge in [-0.05, 0) is 19.8 Å². The lowest BCUT2D eigenvalue weighted by Crippen LogP contribution is -2.39. The van der Waals surface area contributed by atoms with Crippen LogP contribution in [-0.2, 0) is 9.53 Å². The summed E-state index contributed by atoms with van der Waals surface area (Å²) in [7, 11) is 1.24. The molecule has 0 bridgehead atoms. The molecule has 0 aliphatic carbocycles. The van der Waals surface area contributed by atoms with Gasteiger partial charge in [-0.3, -0.25) is 10.1 Å². The van der Waals surface area contributed by atoms with Crippen molar-refractivity contribution in [2.45, 2.75) is 25.8 Å². The summed E-state index contributed by atoms with van der Waals surface area (Å²) in [4.78, 5) is 24.3. The number of rotatable bonds is 2. The van der Waals surface area contributed by atoms with Crippen molar-refractivity contribution in [2.75, 3.05) is 13.7 Å². The second-order valence-corrected chi connectivity index (χ2v) is 3.58. The summed E-state index contributed by atoms with van der Waals surface area (Å²) in [5.74, 6) is -0.231. The van der Waals surface area contributed by atoms with Gasteiger partial charge in [-0.25, -0.2) is 4.79 Å². The molecule has 0 aromatic heterocycles. The van der Waals surface area contributed by atoms with E-state index in [0.717, 1.165) is 19.4 Å². The Morgan fingerprint density at radius 2 is 2.20 bits per heavy atom. The number of hydrogen-bond acceptors (Lipinski definition) is 3. The summed E-state index contributed by atoms with van der Waals surface area (Å²) >= 11 is 0. The van der Waals surface area contributed by atoms with Gasteiger partial charge in [0.25, 0.3) is 5.91 Å². The topological polar surface area (TPSA) is 58.6 Å². The first-order chi connectivity index (χ1) is 7.06. The van der Waals surface area contributed by atoms with E-state index in [4.69, 9.17) is 0 Å². The molecule has 5 heteroatoms. The molecule has 84 valence electrons. The molecule has 15 heavy (non-hydrogen) atoms. The predicted molar refractivity (Wildman–Crippen MR) is 55.1 cm³/mol. The van der Waals surface area contributed by atoms with E-state index in [0.29, 0.717) is 0 Å². The molecule has 0 unspecified atom stereocenters. The standard InChI is InChI=1S/C10H16N2O3/c1-7-5-4-6-12(7)9(13)8(2)11-10(14)15-3/h7H,2,4-6H2,1,3H3,(H,11,14)/t7-/m0/s1. The van der Waals surface area contributed by atoms with Crippen LogP contribution in [0.3, 0.4) is 0 Å². The van der Waals surface area contributed by atoms with Crippen molar-refractivity contribution in [3.8, 4) is 0 Å². The number of nitrogens with one attached hydrogen (secondary N) is 1. The van der Waals surface area contributed by atoms with Crippen LogP contribution in [-0.4, -0.2) is 36.6 Å². The van der Waals surface area contributed by atoms with Crippen LogP contribution in [0.1, 0.15) is 19.8 Å². The first-order valence-electron chi connectivity index (χ1n) is 4.91. The third-order valence-corrected chi connectivity index (χ3v) is 2.51. The first kappa shape index (κ1) is 11.6. The Kier molecular flexibility index (Phi) is 3.71. The van der Waals surface area contributed by atoms with E-state index in [2.05, 4.69) is 16.6 Å². The van der Waals surface area contributed by atoms with E-state index in [-0.39, 0.29) is 17.6 Å². The average molecular weight is 212 g/mol. The SMILES string of the molecule is C=C(NC(=O)OC)C(=O)N1CCC[C@@H]1C. The molecule has 0 saturated carbocycles. The zero-order valence-corrected chi connectivity index (χ0v) is 9.08. The van der Waals surface area contributed by atoms with Gasteiger partial charge < -0.3 is 9.64 Å². The van der Waals surface area contributed by atoms with E-state index in [1.807, 2.05) is 6.92 Å². The number of carbonyl (C=O) groups is 2. The Labute approximate surface area is 89.1 Å². The smallest absolute Gasteiger partial charge is 0.411 e. The monoisotopic (exact) mass is 212 g/mol. The van der Waals surface area contributed by atoms with E-state index >= 15 is 0 Å². The van der Waals surface area contributed by atoms with Crippen LogP contribution in [0.25, 0.3) is 0 Å². The van der Waals surface area contributed by atoms with Crippen LogP contribution in [0.2, 0.25) is 0 Å². The van der Waals surface area contributed by atoms with Gasteiger partial charge in [0, 0.05) is 12.6 Å². The highest BCUT2D eigenvalue weighted by Gasteiger charge is 2.27. The molecule has 1 heterocycles. The van der Waals surface area contributed by atoms with Gasteiger partial charge in [0.1, 0.15) is 5.70 Å². The molecule has 0 radical (unpaired) electrons. The van der Waals surface area contributed by atoms with Gasteiger partial charge >= 0.3 is 6.09 Å². The number of carbonyl (C=O) groups excluding carboxylic acids is 2. The van der Waals surface area contributed by atoms with Crippen LogP contribution in [0.5, 0.6) is 0 Å². The minimum Gasteiger partial charge on any atom is -0.453 e. The largest absolute Gasteiger partial charge is 0.453 e. The fraction of sp³-hybridized carbons (Fsp3) is 0.600. The molecule has 5 nitrogen and oxygen atoms in total. The Balaban J connectivity index is 2.52. The minimum absolute atomic E-state index is 0.0654. The van der Waals surface area contributed by atoms with Gasteiger partial charge in [-0.1, -0.05) is 6.58 Å². The second-order valence-electron chi connectivity index (χ2n) is 3.58. The van der Waals surface area contributed by atoms with Crippen molar-refractivity contribution in [3.63, 3.8) is 0 Å². The third kappa shape index (κ3) is 2.71. The van der Waals surface area contributed by atoms with Gasteiger partial charge in [0.05, 0.1) is 7.11 Å². The lowest BCUT2D eigenvalue weighted by atomic mass is 10.2. The number of hydrogen-bond donors (Lipinski definition) is 1. The highest BCUT2D eigenvalue weighted by molar-refractivity contribution is 5.95. The van der Waals surface area contributed by atoms with Crippen molar-refractivity contribution < 1.29 is 14.3 Å². The van der Waals surface area contributed by atoms with E-state index in [1.165, 1.54) is 7.11 Å². The number of methoxy groups -OCH3 is 1. The summed E-state index contributed by atoms with van der Waals surface area (Å²) in [6, 6.07) is 0.216. The third-order valence-electron chi connectivity index (χ3n) is 2.51. The minimum atomic E-state index is -0.666. The molecule has 1 atom stereocenters. The zero-order valence-electron chi connectivity index (χ0n) is 9.08. The second kappa shape index (κ2) is 4.82. The van der Waals surface area contributed by atoms with Crippen LogP contribution in [0, 0.1) is 0 Å². The van der Waals surface area contributed by atoms with Gasteiger partial charge in [0.2, 0.25) is 0 Å². The molecule has 0 aromatic rings. The van der Waals surface area contributed by atoms with Crippen LogP contribution in [0.4, 0.5) is 4.79 Å². The van der Waals surface area contributed by atoms with Gasteiger partial charge in [0.15, 0.2) is 0 Å². The summed E-state index contributed by atoms with van der Waals surface area (Å²) < 4.78 is 4.38. The highest BCUT2D eigenvalue weighted by atomic mass is 16.5. The predicted octanol–water partition coefficient (Wildman–Crippen LogP) is 0.867. The van der Waals surface area contributed by atoms with Crippen molar-refractivity contribution in [1.82, 2.24) is 10.2 Å². The molecule has 0 aromatic carbocycles. The maximum Gasteiger partial charge on any atom is 0.411 e. The molecule has 1 saturated heterocycles. The molecule has 1 N–H and O–H groups in total. The molecule has 1 rings (SSSR count). The van der Waals surface area contributed by atoms with Crippen molar-refractivity contribution in [1.29, 1.82) is 0 Å². The van der Waals surface area contributed by atoms with Gasteiger partial charge in [-0.15, -0.1) is 0 Å². The van der Waals surface area contributed by atoms with Crippen LogP contribution < -0.4 is 5.32 Å². The zero-order chi connectivity index (χ0) is 11.4. The first-order valence-corrected chi connectivity index (χ1v) is 4.91. The number of ether oxygens (including phenoxy) is 1. The number of likely N-dealkylation sites (tertiary alicyclic amines) is 1. The number of alkyl carbamates (subject to hydrolysis) is 1. The van der Waals surface area contributed by atoms with Crippen LogP contribution >= 0.6 is 0 Å². The highest BCUT2D eigenvalue weighted by Crippen LogP contribution is 2.17. The van der Waals surface area contributed by atoms with E-state index < -0.39 is 6.09 Å². The maximum absolute atomic E-state index is 11.8. The summed E-state index contributed by atoms with van der Waals surface area (Å²) in [5, 5.41) is 2.28. The fourth-order valence-electron chi connectivity index (χ4n) is 1.64. The fourth-order valence-corrected chi connectivity index (χ4v) is 1.64. The van der Waals surface area contributed by atoms with Crippen molar-refractivity contribution in [3.05, 3.63) is 12.3 Å². The molecule has 1 fully saturated rings. The Morgan fingerprint density at radius 3 is 2.67 bits per heavy atom. The molecule has 1 aliphatic heterocycles. The summed E-state index contributed by atoms with van der Waals surface area (Å²) in [6.45, 7) is 6.22.